The Balaban J connectivity index is 1.91. The van der Waals surface area contributed by atoms with Gasteiger partial charge in [-0.2, -0.15) is 4.98 Å². The van der Waals surface area contributed by atoms with Crippen LogP contribution < -0.4 is 15.8 Å². The van der Waals surface area contributed by atoms with Crippen molar-refractivity contribution in [2.24, 2.45) is 11.8 Å². The van der Waals surface area contributed by atoms with Crippen LogP contribution in [0.3, 0.4) is 0 Å². The molecule has 0 saturated carbocycles. The van der Waals surface area contributed by atoms with Crippen LogP contribution in [0.1, 0.15) is 20.3 Å². The molecule has 2 rings (SSSR count). The molecule has 1 aromatic rings. The van der Waals surface area contributed by atoms with Crippen molar-refractivity contribution in [2.45, 2.75) is 20.3 Å². The maximum absolute atomic E-state index is 5.86. The van der Waals surface area contributed by atoms with Gasteiger partial charge in [0.1, 0.15) is 5.82 Å². The van der Waals surface area contributed by atoms with Crippen LogP contribution in [0.4, 0.5) is 11.5 Å². The third-order valence-electron chi connectivity index (χ3n) is 3.04. The highest BCUT2D eigenvalue weighted by Crippen LogP contribution is 2.22. The first kappa shape index (κ1) is 13.9. The van der Waals surface area contributed by atoms with Crippen LogP contribution in [0.25, 0.3) is 0 Å². The molecule has 3 N–H and O–H groups in total. The van der Waals surface area contributed by atoms with Crippen molar-refractivity contribution >= 4 is 11.5 Å². The summed E-state index contributed by atoms with van der Waals surface area (Å²) in [6.45, 7) is 7.39. The summed E-state index contributed by atoms with van der Waals surface area (Å²) in [5.74, 6) is 2.34. The van der Waals surface area contributed by atoms with Gasteiger partial charge in [-0.1, -0.05) is 13.8 Å². The molecule has 0 amide bonds. The summed E-state index contributed by atoms with van der Waals surface area (Å²) in [4.78, 5) is 4.41. The van der Waals surface area contributed by atoms with Gasteiger partial charge in [0, 0.05) is 19.1 Å². The van der Waals surface area contributed by atoms with E-state index in [1.807, 2.05) is 12.1 Å². The quantitative estimate of drug-likeness (QED) is 0.824. The largest absolute Gasteiger partial charge is 0.476 e. The minimum atomic E-state index is 0.452. The average Bonchev–Trinajstić information content (AvgIpc) is 2.89. The van der Waals surface area contributed by atoms with Crippen LogP contribution >= 0.6 is 0 Å². The van der Waals surface area contributed by atoms with E-state index in [-0.39, 0.29) is 0 Å². The standard InChI is InChI=1S/C14H23N3O2/c1-10(2)8-19-14-12(15)3-4-13(17-14)16-7-11-5-6-18-9-11/h3-4,10-11H,5-9,15H2,1-2H3,(H,16,17). The second-order valence-electron chi connectivity index (χ2n) is 5.41. The number of aromatic nitrogens is 1. The summed E-state index contributed by atoms with van der Waals surface area (Å²) in [7, 11) is 0. The van der Waals surface area contributed by atoms with Crippen molar-refractivity contribution in [1.82, 2.24) is 4.98 Å². The van der Waals surface area contributed by atoms with Crippen LogP contribution in [0.5, 0.6) is 5.88 Å². The topological polar surface area (TPSA) is 69.4 Å². The number of nitrogens with one attached hydrogen (secondary N) is 1. The first-order valence-corrected chi connectivity index (χ1v) is 6.86. The molecule has 5 nitrogen and oxygen atoms in total. The Morgan fingerprint density at radius 3 is 3.05 bits per heavy atom. The summed E-state index contributed by atoms with van der Waals surface area (Å²) in [6, 6.07) is 3.71. The SMILES string of the molecule is CC(C)COc1nc(NCC2CCOC2)ccc1N. The Bertz CT molecular complexity index is 404. The molecule has 1 atom stereocenters. The van der Waals surface area contributed by atoms with E-state index in [0.717, 1.165) is 32.0 Å². The van der Waals surface area contributed by atoms with Crippen molar-refractivity contribution in [3.63, 3.8) is 0 Å². The summed E-state index contributed by atoms with van der Waals surface area (Å²) in [5.41, 5.74) is 6.44. The van der Waals surface area contributed by atoms with Crippen LogP contribution in [-0.2, 0) is 4.74 Å². The molecule has 1 unspecified atom stereocenters. The normalized spacial score (nSPS) is 18.8. The molecule has 0 radical (unpaired) electrons. The van der Waals surface area contributed by atoms with Crippen molar-refractivity contribution in [2.75, 3.05) is 37.4 Å². The lowest BCUT2D eigenvalue weighted by Crippen LogP contribution is -2.15. The van der Waals surface area contributed by atoms with Gasteiger partial charge in [0.05, 0.1) is 18.9 Å². The molecular weight excluding hydrogens is 242 g/mol. The van der Waals surface area contributed by atoms with Gasteiger partial charge in [-0.3, -0.25) is 0 Å². The Labute approximate surface area is 114 Å². The second kappa shape index (κ2) is 6.61. The Hall–Kier alpha value is -1.49. The Morgan fingerprint density at radius 1 is 1.53 bits per heavy atom. The number of pyridine rings is 1. The fourth-order valence-corrected chi connectivity index (χ4v) is 1.90. The first-order chi connectivity index (χ1) is 9.15. The molecule has 1 saturated heterocycles. The Kier molecular flexibility index (Phi) is 4.85. The van der Waals surface area contributed by atoms with Crippen molar-refractivity contribution < 1.29 is 9.47 Å². The van der Waals surface area contributed by atoms with Crippen LogP contribution in [0.15, 0.2) is 12.1 Å². The van der Waals surface area contributed by atoms with Crippen LogP contribution in [0.2, 0.25) is 0 Å². The zero-order chi connectivity index (χ0) is 13.7. The molecule has 1 aliphatic heterocycles. The van der Waals surface area contributed by atoms with Gasteiger partial charge >= 0.3 is 0 Å². The van der Waals surface area contributed by atoms with E-state index in [9.17, 15) is 0 Å². The van der Waals surface area contributed by atoms with E-state index in [1.165, 1.54) is 0 Å². The van der Waals surface area contributed by atoms with Gasteiger partial charge in [-0.15, -0.1) is 0 Å². The number of anilines is 2. The fraction of sp³-hybridized carbons (Fsp3) is 0.643. The molecular formula is C14H23N3O2. The summed E-state index contributed by atoms with van der Waals surface area (Å²) >= 11 is 0. The van der Waals surface area contributed by atoms with Gasteiger partial charge in [0.15, 0.2) is 0 Å². The third kappa shape index (κ3) is 4.28. The van der Waals surface area contributed by atoms with Crippen molar-refractivity contribution in [3.05, 3.63) is 12.1 Å². The Morgan fingerprint density at radius 2 is 2.37 bits per heavy atom. The minimum absolute atomic E-state index is 0.452. The van der Waals surface area contributed by atoms with Gasteiger partial charge < -0.3 is 20.5 Å². The smallest absolute Gasteiger partial charge is 0.239 e. The van der Waals surface area contributed by atoms with Crippen LogP contribution in [0, 0.1) is 11.8 Å². The summed E-state index contributed by atoms with van der Waals surface area (Å²) in [5, 5.41) is 3.32. The molecule has 1 fully saturated rings. The number of nitrogens with zero attached hydrogens (tertiary/aromatic N) is 1. The van der Waals surface area contributed by atoms with E-state index >= 15 is 0 Å². The van der Waals surface area contributed by atoms with Gasteiger partial charge in [-0.25, -0.2) is 0 Å². The maximum Gasteiger partial charge on any atom is 0.239 e. The highest BCUT2D eigenvalue weighted by Gasteiger charge is 2.15. The highest BCUT2D eigenvalue weighted by molar-refractivity contribution is 5.53. The lowest BCUT2D eigenvalue weighted by atomic mass is 10.1. The first-order valence-electron chi connectivity index (χ1n) is 6.86. The zero-order valence-corrected chi connectivity index (χ0v) is 11.7. The molecule has 19 heavy (non-hydrogen) atoms. The maximum atomic E-state index is 5.86. The van der Waals surface area contributed by atoms with Gasteiger partial charge in [0.2, 0.25) is 5.88 Å². The molecule has 0 spiro atoms. The van der Waals surface area contributed by atoms with E-state index in [1.54, 1.807) is 0 Å². The molecule has 2 heterocycles. The number of nitrogen functional groups attached to an aromatic ring is 1. The van der Waals surface area contributed by atoms with E-state index in [0.29, 0.717) is 30.0 Å². The van der Waals surface area contributed by atoms with E-state index in [2.05, 4.69) is 24.1 Å². The lowest BCUT2D eigenvalue weighted by molar-refractivity contribution is 0.187. The van der Waals surface area contributed by atoms with Crippen molar-refractivity contribution in [3.8, 4) is 5.88 Å². The summed E-state index contributed by atoms with van der Waals surface area (Å²) < 4.78 is 11.0. The highest BCUT2D eigenvalue weighted by atomic mass is 16.5. The molecule has 106 valence electrons. The van der Waals surface area contributed by atoms with Crippen molar-refractivity contribution in [1.29, 1.82) is 0 Å². The van der Waals surface area contributed by atoms with Crippen LogP contribution in [-0.4, -0.2) is 31.3 Å². The molecule has 5 heteroatoms. The van der Waals surface area contributed by atoms with Gasteiger partial charge in [-0.05, 0) is 24.5 Å². The predicted molar refractivity (Wildman–Crippen MR) is 76.4 cm³/mol. The number of hydrogen-bond acceptors (Lipinski definition) is 5. The second-order valence-corrected chi connectivity index (χ2v) is 5.41. The number of nitrogens with two attached hydrogens (primary N) is 1. The minimum Gasteiger partial charge on any atom is -0.476 e. The monoisotopic (exact) mass is 265 g/mol. The third-order valence-corrected chi connectivity index (χ3v) is 3.04. The average molecular weight is 265 g/mol. The molecule has 0 aliphatic carbocycles. The van der Waals surface area contributed by atoms with E-state index < -0.39 is 0 Å². The molecule has 1 aromatic heterocycles. The fourth-order valence-electron chi connectivity index (χ4n) is 1.90. The van der Waals surface area contributed by atoms with Gasteiger partial charge in [0.25, 0.3) is 0 Å². The number of ether oxygens (including phenoxy) is 2. The predicted octanol–water partition coefficient (Wildman–Crippen LogP) is 2.15. The zero-order valence-electron chi connectivity index (χ0n) is 11.7. The molecule has 0 aromatic carbocycles. The molecule has 1 aliphatic rings. The number of hydrogen-bond donors (Lipinski definition) is 2. The summed E-state index contributed by atoms with van der Waals surface area (Å²) in [6.07, 6.45) is 1.11. The van der Waals surface area contributed by atoms with E-state index in [4.69, 9.17) is 15.2 Å². The lowest BCUT2D eigenvalue weighted by Gasteiger charge is -2.13. The molecule has 0 bridgehead atoms. The number of rotatable bonds is 6.